The molecule has 0 bridgehead atoms. The molecule has 9 nitrogen and oxygen atoms in total. The van der Waals surface area contributed by atoms with Gasteiger partial charge in [0.25, 0.3) is 5.56 Å². The molecule has 0 fully saturated rings. The van der Waals surface area contributed by atoms with Crippen LogP contribution in [0.1, 0.15) is 38.6 Å². The van der Waals surface area contributed by atoms with Crippen LogP contribution in [0.3, 0.4) is 0 Å². The van der Waals surface area contributed by atoms with Gasteiger partial charge in [-0.1, -0.05) is 6.07 Å². The molecule has 1 aromatic carbocycles. The predicted molar refractivity (Wildman–Crippen MR) is 132 cm³/mol. The Morgan fingerprint density at radius 1 is 1.06 bits per heavy atom. The molecule has 0 saturated carbocycles. The van der Waals surface area contributed by atoms with Gasteiger partial charge in [-0.15, -0.1) is 21.5 Å². The number of thiophene rings is 1. The summed E-state index contributed by atoms with van der Waals surface area (Å²) >= 11 is 1.41. The normalized spacial score (nSPS) is 11.3. The van der Waals surface area contributed by atoms with E-state index in [9.17, 15) is 9.59 Å². The van der Waals surface area contributed by atoms with Crippen LogP contribution in [0, 0.1) is 0 Å². The number of ether oxygens (including phenoxy) is 2. The molecule has 3 heterocycles. The summed E-state index contributed by atoms with van der Waals surface area (Å²) < 4.78 is 15.4. The molecule has 0 aliphatic heterocycles. The second-order valence-electron chi connectivity index (χ2n) is 7.68. The average molecular weight is 484 g/mol. The van der Waals surface area contributed by atoms with Crippen molar-refractivity contribution >= 4 is 33.2 Å². The summed E-state index contributed by atoms with van der Waals surface area (Å²) in [4.78, 5) is 25.2. The highest BCUT2D eigenvalue weighted by Gasteiger charge is 2.17. The number of hydrogen-bond donors (Lipinski definition) is 1. The van der Waals surface area contributed by atoms with Gasteiger partial charge in [0.05, 0.1) is 18.7 Å². The topological polar surface area (TPSA) is 99.7 Å². The minimum absolute atomic E-state index is 0.0570. The van der Waals surface area contributed by atoms with Crippen molar-refractivity contribution in [1.29, 1.82) is 0 Å². The molecule has 180 valence electrons. The van der Waals surface area contributed by atoms with Gasteiger partial charge >= 0.3 is 0 Å². The van der Waals surface area contributed by atoms with Gasteiger partial charge in [-0.3, -0.25) is 18.6 Å². The van der Waals surface area contributed by atoms with Gasteiger partial charge in [-0.05, 0) is 56.3 Å². The number of aryl methyl sites for hydroxylation is 2. The summed E-state index contributed by atoms with van der Waals surface area (Å²) in [6, 6.07) is 7.75. The first-order valence-corrected chi connectivity index (χ1v) is 12.4. The van der Waals surface area contributed by atoms with E-state index in [-0.39, 0.29) is 17.9 Å². The van der Waals surface area contributed by atoms with Gasteiger partial charge in [0, 0.05) is 25.9 Å². The number of nitrogens with zero attached hydrogens (tertiary/aromatic N) is 4. The molecule has 1 N–H and O–H groups in total. The Hall–Kier alpha value is -3.40. The number of carbonyl (C=O) groups excluding carboxylic acids is 1. The maximum atomic E-state index is 12.7. The van der Waals surface area contributed by atoms with E-state index >= 15 is 0 Å². The van der Waals surface area contributed by atoms with Gasteiger partial charge in [0.2, 0.25) is 11.7 Å². The zero-order valence-corrected chi connectivity index (χ0v) is 20.5. The number of rotatable bonds is 11. The fraction of sp³-hybridized carbons (Fsp3) is 0.417. The number of fused-ring (bicyclic) bond motifs is 3. The molecule has 0 unspecified atom stereocenters. The largest absolute Gasteiger partial charge is 0.490 e. The van der Waals surface area contributed by atoms with Crippen LogP contribution in [0.5, 0.6) is 11.5 Å². The quantitative estimate of drug-likeness (QED) is 0.352. The van der Waals surface area contributed by atoms with E-state index in [1.54, 1.807) is 4.57 Å². The Bertz CT molecular complexity index is 1360. The minimum atomic E-state index is -0.0573. The lowest BCUT2D eigenvalue weighted by Gasteiger charge is -2.12. The monoisotopic (exact) mass is 483 g/mol. The molecule has 3 aromatic heterocycles. The lowest BCUT2D eigenvalue weighted by molar-refractivity contribution is -0.121. The van der Waals surface area contributed by atoms with Crippen molar-refractivity contribution in [1.82, 2.24) is 24.5 Å². The summed E-state index contributed by atoms with van der Waals surface area (Å²) in [5.74, 6) is 2.57. The standard InChI is InChI=1S/C24H29N5O4S/c1-4-28-23(31)22-17(12-14-34-22)29-20(26-27-24(28)29)9-10-21(30)25-13-11-16-7-8-18(32-5-2)19(15-16)33-6-3/h7-8,12,14-15H,4-6,9-11,13H2,1-3H3,(H,25,30). The molecule has 0 radical (unpaired) electrons. The van der Waals surface area contributed by atoms with Gasteiger partial charge in [0.15, 0.2) is 11.5 Å². The van der Waals surface area contributed by atoms with E-state index < -0.39 is 0 Å². The molecule has 0 saturated heterocycles. The van der Waals surface area contributed by atoms with Crippen LogP contribution < -0.4 is 20.3 Å². The zero-order valence-electron chi connectivity index (χ0n) is 19.7. The minimum Gasteiger partial charge on any atom is -0.490 e. The fourth-order valence-corrected chi connectivity index (χ4v) is 4.76. The number of aromatic nitrogens is 4. The van der Waals surface area contributed by atoms with Crippen molar-refractivity contribution in [3.8, 4) is 11.5 Å². The van der Waals surface area contributed by atoms with Crippen molar-refractivity contribution in [2.24, 2.45) is 0 Å². The first-order valence-electron chi connectivity index (χ1n) is 11.6. The molecular formula is C24H29N5O4S. The molecular weight excluding hydrogens is 454 g/mol. The molecule has 0 atom stereocenters. The summed E-state index contributed by atoms with van der Waals surface area (Å²) in [5.41, 5.74) is 1.79. The van der Waals surface area contributed by atoms with E-state index in [0.717, 1.165) is 22.6 Å². The van der Waals surface area contributed by atoms with Crippen LogP contribution in [0.2, 0.25) is 0 Å². The molecule has 0 aliphatic rings. The highest BCUT2D eigenvalue weighted by Crippen LogP contribution is 2.28. The van der Waals surface area contributed by atoms with Crippen LogP contribution in [0.25, 0.3) is 16.0 Å². The zero-order chi connectivity index (χ0) is 24.1. The number of carbonyl (C=O) groups is 1. The Morgan fingerprint density at radius 2 is 1.85 bits per heavy atom. The van der Waals surface area contributed by atoms with Crippen molar-refractivity contribution < 1.29 is 14.3 Å². The first-order chi connectivity index (χ1) is 16.6. The molecule has 1 amide bonds. The second-order valence-corrected chi connectivity index (χ2v) is 8.60. The summed E-state index contributed by atoms with van der Waals surface area (Å²) in [7, 11) is 0. The smallest absolute Gasteiger partial charge is 0.272 e. The number of nitrogens with one attached hydrogen (secondary N) is 1. The highest BCUT2D eigenvalue weighted by molar-refractivity contribution is 7.17. The first kappa shape index (κ1) is 23.7. The van der Waals surface area contributed by atoms with E-state index in [1.165, 1.54) is 11.3 Å². The van der Waals surface area contributed by atoms with Gasteiger partial charge in [-0.25, -0.2) is 0 Å². The summed E-state index contributed by atoms with van der Waals surface area (Å²) in [6.45, 7) is 7.94. The Balaban J connectivity index is 1.38. The van der Waals surface area contributed by atoms with Crippen LogP contribution >= 0.6 is 11.3 Å². The highest BCUT2D eigenvalue weighted by atomic mass is 32.1. The fourth-order valence-electron chi connectivity index (χ4n) is 3.94. The Morgan fingerprint density at radius 3 is 2.62 bits per heavy atom. The van der Waals surface area contributed by atoms with E-state index in [4.69, 9.17) is 9.47 Å². The van der Waals surface area contributed by atoms with Crippen LogP contribution in [0.15, 0.2) is 34.4 Å². The van der Waals surface area contributed by atoms with E-state index in [2.05, 4.69) is 15.5 Å². The van der Waals surface area contributed by atoms with Crippen molar-refractivity contribution in [3.63, 3.8) is 0 Å². The summed E-state index contributed by atoms with van der Waals surface area (Å²) in [5, 5.41) is 13.4. The number of hydrogen-bond acceptors (Lipinski definition) is 7. The molecule has 0 spiro atoms. The van der Waals surface area contributed by atoms with Crippen molar-refractivity contribution in [3.05, 3.63) is 51.4 Å². The average Bonchev–Trinajstić information content (AvgIpc) is 3.47. The number of benzene rings is 1. The van der Waals surface area contributed by atoms with Crippen molar-refractivity contribution in [2.45, 2.75) is 46.6 Å². The maximum Gasteiger partial charge on any atom is 0.272 e. The van der Waals surface area contributed by atoms with E-state index in [1.807, 2.05) is 54.8 Å². The third-order valence-corrected chi connectivity index (χ3v) is 6.41. The SMILES string of the molecule is CCOc1ccc(CCNC(=O)CCc2nnc3n(CC)c(=O)c4sccc4n23)cc1OCC. The van der Waals surface area contributed by atoms with Gasteiger partial charge < -0.3 is 14.8 Å². The van der Waals surface area contributed by atoms with Crippen LogP contribution in [-0.4, -0.2) is 44.8 Å². The van der Waals surface area contributed by atoms with E-state index in [0.29, 0.717) is 55.4 Å². The molecule has 4 rings (SSSR count). The van der Waals surface area contributed by atoms with Gasteiger partial charge in [0.1, 0.15) is 10.5 Å². The lowest BCUT2D eigenvalue weighted by atomic mass is 10.1. The lowest BCUT2D eigenvalue weighted by Crippen LogP contribution is -2.26. The van der Waals surface area contributed by atoms with Crippen molar-refractivity contribution in [2.75, 3.05) is 19.8 Å². The maximum absolute atomic E-state index is 12.7. The predicted octanol–water partition coefficient (Wildman–Crippen LogP) is 3.21. The second kappa shape index (κ2) is 10.7. The number of amides is 1. The molecule has 0 aliphatic carbocycles. The summed E-state index contributed by atoms with van der Waals surface area (Å²) in [6.07, 6.45) is 1.40. The third kappa shape index (κ3) is 4.77. The Kier molecular flexibility index (Phi) is 7.46. The molecule has 4 aromatic rings. The van der Waals surface area contributed by atoms with Crippen LogP contribution in [0.4, 0.5) is 0 Å². The molecule has 34 heavy (non-hydrogen) atoms. The molecule has 10 heteroatoms. The Labute approximate surface area is 201 Å². The third-order valence-electron chi connectivity index (χ3n) is 5.51. The van der Waals surface area contributed by atoms with Crippen LogP contribution in [-0.2, 0) is 24.2 Å². The van der Waals surface area contributed by atoms with Gasteiger partial charge in [-0.2, -0.15) is 0 Å².